The van der Waals surface area contributed by atoms with E-state index < -0.39 is 6.10 Å². The maximum Gasteiger partial charge on any atom is 0.306 e. The number of rotatable bonds is 40. The predicted octanol–water partition coefficient (Wildman–Crippen LogP) is 13.9. The fourth-order valence-corrected chi connectivity index (χ4v) is 6.63. The summed E-state index contributed by atoms with van der Waals surface area (Å²) >= 11 is 0. The zero-order valence-electron chi connectivity index (χ0n) is 34.6. The van der Waals surface area contributed by atoms with E-state index in [1.54, 1.807) is 0 Å². The van der Waals surface area contributed by atoms with Crippen LogP contribution in [0.2, 0.25) is 0 Å². The Labute approximate surface area is 317 Å². The first kappa shape index (κ1) is 49.4. The van der Waals surface area contributed by atoms with Crippen molar-refractivity contribution in [3.8, 4) is 0 Å². The summed E-state index contributed by atoms with van der Waals surface area (Å²) in [6.07, 6.45) is 38.0. The third-order valence-electron chi connectivity index (χ3n) is 10.0. The molecule has 6 nitrogen and oxygen atoms in total. The summed E-state index contributed by atoms with van der Waals surface area (Å²) in [4.78, 5) is 37.6. The molecule has 0 heterocycles. The second-order valence-electron chi connectivity index (χ2n) is 15.8. The molecule has 0 aromatic heterocycles. The number of carbonyl (C=O) groups is 3. The number of unbranched alkanes of at least 4 members (excludes halogenated alkanes) is 27. The molecule has 0 amide bonds. The number of esters is 3. The van der Waals surface area contributed by atoms with E-state index in [0.717, 1.165) is 63.7 Å². The minimum Gasteiger partial charge on any atom is -0.462 e. The van der Waals surface area contributed by atoms with Gasteiger partial charge in [0.15, 0.2) is 6.10 Å². The highest BCUT2D eigenvalue weighted by Crippen LogP contribution is 2.16. The van der Waals surface area contributed by atoms with E-state index in [0.29, 0.717) is 19.3 Å². The van der Waals surface area contributed by atoms with Gasteiger partial charge in [-0.3, -0.25) is 14.4 Å². The molecule has 1 atom stereocenters. The van der Waals surface area contributed by atoms with Crippen molar-refractivity contribution in [2.24, 2.45) is 5.92 Å². The number of ether oxygens (including phenoxy) is 3. The van der Waals surface area contributed by atoms with E-state index in [9.17, 15) is 14.4 Å². The number of hydrogen-bond donors (Lipinski definition) is 0. The van der Waals surface area contributed by atoms with Crippen molar-refractivity contribution in [2.75, 3.05) is 13.2 Å². The van der Waals surface area contributed by atoms with Gasteiger partial charge in [0, 0.05) is 19.3 Å². The predicted molar refractivity (Wildman–Crippen MR) is 215 cm³/mol. The molecule has 0 aliphatic carbocycles. The van der Waals surface area contributed by atoms with Gasteiger partial charge in [0.1, 0.15) is 13.2 Å². The van der Waals surface area contributed by atoms with Crippen LogP contribution in [0.4, 0.5) is 0 Å². The molecule has 6 heteroatoms. The lowest BCUT2D eigenvalue weighted by Gasteiger charge is -2.18. The summed E-state index contributed by atoms with van der Waals surface area (Å²) in [6.45, 7) is 8.93. The van der Waals surface area contributed by atoms with Gasteiger partial charge < -0.3 is 14.2 Å². The molecular formula is C45H86O6. The summed E-state index contributed by atoms with van der Waals surface area (Å²) in [5.74, 6) is -0.0807. The van der Waals surface area contributed by atoms with Crippen molar-refractivity contribution in [3.63, 3.8) is 0 Å². The normalized spacial score (nSPS) is 11.9. The maximum atomic E-state index is 12.7. The van der Waals surface area contributed by atoms with Crippen molar-refractivity contribution in [1.82, 2.24) is 0 Å². The van der Waals surface area contributed by atoms with Crippen LogP contribution in [0.25, 0.3) is 0 Å². The fraction of sp³-hybridized carbons (Fsp3) is 0.933. The largest absolute Gasteiger partial charge is 0.462 e. The molecule has 0 aromatic rings. The van der Waals surface area contributed by atoms with Gasteiger partial charge >= 0.3 is 17.9 Å². The van der Waals surface area contributed by atoms with Crippen LogP contribution in [0.5, 0.6) is 0 Å². The second kappa shape index (κ2) is 39.6. The Hall–Kier alpha value is -1.59. The number of hydrogen-bond acceptors (Lipinski definition) is 6. The molecular weight excluding hydrogens is 636 g/mol. The lowest BCUT2D eigenvalue weighted by Crippen LogP contribution is -2.30. The molecule has 0 aliphatic heterocycles. The van der Waals surface area contributed by atoms with Gasteiger partial charge in [-0.05, 0) is 25.2 Å². The molecule has 0 rings (SSSR count). The molecule has 0 N–H and O–H groups in total. The SMILES string of the molecule is CCCCCCCCCCCCCCC(=O)OC[C@@H](COC(=O)CCCCCCCCCCCCC)OC(=O)CCCCCCCCCC(C)C. The molecule has 0 bridgehead atoms. The summed E-state index contributed by atoms with van der Waals surface area (Å²) in [7, 11) is 0. The van der Waals surface area contributed by atoms with Gasteiger partial charge in [-0.1, -0.05) is 207 Å². The third kappa shape index (κ3) is 39.5. The zero-order chi connectivity index (χ0) is 37.5. The van der Waals surface area contributed by atoms with Crippen LogP contribution in [0.3, 0.4) is 0 Å². The van der Waals surface area contributed by atoms with Gasteiger partial charge in [-0.2, -0.15) is 0 Å². The van der Waals surface area contributed by atoms with Gasteiger partial charge in [-0.25, -0.2) is 0 Å². The highest BCUT2D eigenvalue weighted by molar-refractivity contribution is 5.71. The van der Waals surface area contributed by atoms with Crippen LogP contribution >= 0.6 is 0 Å². The molecule has 0 aliphatic rings. The van der Waals surface area contributed by atoms with Gasteiger partial charge in [0.2, 0.25) is 0 Å². The minimum absolute atomic E-state index is 0.0646. The average molecular weight is 723 g/mol. The van der Waals surface area contributed by atoms with Crippen LogP contribution in [-0.4, -0.2) is 37.2 Å². The summed E-state index contributed by atoms with van der Waals surface area (Å²) in [6, 6.07) is 0. The van der Waals surface area contributed by atoms with Crippen LogP contribution in [0.1, 0.15) is 246 Å². The summed E-state index contributed by atoms with van der Waals surface area (Å²) in [5, 5.41) is 0. The fourth-order valence-electron chi connectivity index (χ4n) is 6.63. The molecule has 0 saturated heterocycles. The molecule has 51 heavy (non-hydrogen) atoms. The lowest BCUT2D eigenvalue weighted by atomic mass is 10.0. The molecule has 302 valence electrons. The van der Waals surface area contributed by atoms with E-state index >= 15 is 0 Å². The van der Waals surface area contributed by atoms with E-state index in [4.69, 9.17) is 14.2 Å². The van der Waals surface area contributed by atoms with E-state index in [1.165, 1.54) is 141 Å². The Morgan fingerprint density at radius 2 is 0.647 bits per heavy atom. The van der Waals surface area contributed by atoms with Crippen molar-refractivity contribution in [3.05, 3.63) is 0 Å². The quantitative estimate of drug-likeness (QED) is 0.0356. The number of carbonyl (C=O) groups excluding carboxylic acids is 3. The molecule has 0 spiro atoms. The van der Waals surface area contributed by atoms with E-state index in [1.807, 2.05) is 0 Å². The van der Waals surface area contributed by atoms with Crippen LogP contribution in [0.15, 0.2) is 0 Å². The van der Waals surface area contributed by atoms with E-state index in [-0.39, 0.29) is 31.1 Å². The van der Waals surface area contributed by atoms with Crippen molar-refractivity contribution in [2.45, 2.75) is 252 Å². The topological polar surface area (TPSA) is 78.9 Å². The minimum atomic E-state index is -0.759. The molecule has 0 fully saturated rings. The first-order valence-corrected chi connectivity index (χ1v) is 22.4. The summed E-state index contributed by atoms with van der Waals surface area (Å²) < 4.78 is 16.7. The Morgan fingerprint density at radius 3 is 0.961 bits per heavy atom. The monoisotopic (exact) mass is 723 g/mol. The van der Waals surface area contributed by atoms with Gasteiger partial charge in [-0.15, -0.1) is 0 Å². The Balaban J connectivity index is 4.33. The van der Waals surface area contributed by atoms with Crippen LogP contribution in [-0.2, 0) is 28.6 Å². The molecule has 0 aromatic carbocycles. The molecule has 0 saturated carbocycles. The third-order valence-corrected chi connectivity index (χ3v) is 10.0. The first-order chi connectivity index (χ1) is 24.9. The average Bonchev–Trinajstić information content (AvgIpc) is 3.11. The smallest absolute Gasteiger partial charge is 0.306 e. The Kier molecular flexibility index (Phi) is 38.4. The van der Waals surface area contributed by atoms with Gasteiger partial charge in [0.05, 0.1) is 0 Å². The summed E-state index contributed by atoms with van der Waals surface area (Å²) in [5.41, 5.74) is 0. The van der Waals surface area contributed by atoms with E-state index in [2.05, 4.69) is 27.7 Å². The van der Waals surface area contributed by atoms with Gasteiger partial charge in [0.25, 0.3) is 0 Å². The van der Waals surface area contributed by atoms with Crippen LogP contribution in [0, 0.1) is 5.92 Å². The zero-order valence-corrected chi connectivity index (χ0v) is 34.6. The highest BCUT2D eigenvalue weighted by atomic mass is 16.6. The highest BCUT2D eigenvalue weighted by Gasteiger charge is 2.19. The maximum absolute atomic E-state index is 12.7. The van der Waals surface area contributed by atoms with Crippen molar-refractivity contribution >= 4 is 17.9 Å². The lowest BCUT2D eigenvalue weighted by molar-refractivity contribution is -0.167. The van der Waals surface area contributed by atoms with Crippen molar-refractivity contribution in [1.29, 1.82) is 0 Å². The van der Waals surface area contributed by atoms with Crippen molar-refractivity contribution < 1.29 is 28.6 Å². The molecule has 0 radical (unpaired) electrons. The Bertz CT molecular complexity index is 766. The Morgan fingerprint density at radius 1 is 0.373 bits per heavy atom. The molecule has 0 unspecified atom stereocenters. The second-order valence-corrected chi connectivity index (χ2v) is 15.8. The standard InChI is InChI=1S/C45H86O6/c1-5-7-9-11-13-15-17-19-21-25-29-33-37-44(47)50-40-42(51-45(48)38-34-30-26-22-23-27-31-35-41(3)4)39-49-43(46)36-32-28-24-20-18-16-14-12-10-8-6-2/h41-42H,5-40H2,1-4H3/t42-/m1/s1. The first-order valence-electron chi connectivity index (χ1n) is 22.4. The van der Waals surface area contributed by atoms with Crippen LogP contribution < -0.4 is 0 Å².